The summed E-state index contributed by atoms with van der Waals surface area (Å²) in [5.74, 6) is -3.28. The van der Waals surface area contributed by atoms with E-state index in [-0.39, 0.29) is 35.0 Å². The fourth-order valence-electron chi connectivity index (χ4n) is 3.92. The molecule has 44 heavy (non-hydrogen) atoms. The molecule has 0 saturated carbocycles. The Bertz CT molecular complexity index is 1670. The van der Waals surface area contributed by atoms with Crippen molar-refractivity contribution in [3.8, 4) is 23.0 Å². The zero-order chi connectivity index (χ0) is 32.7. The number of alkyl halides is 6. The van der Waals surface area contributed by atoms with Gasteiger partial charge in [-0.3, -0.25) is 40.5 Å². The molecule has 0 amide bonds. The second-order valence-corrected chi connectivity index (χ2v) is 8.52. The number of hydrogen-bond acceptors (Lipinski definition) is 10. The van der Waals surface area contributed by atoms with Crippen LogP contribution in [0.5, 0.6) is 23.0 Å². The van der Waals surface area contributed by atoms with E-state index >= 15 is 0 Å². The maximum Gasteiger partial charge on any atom is 0.416 e. The highest BCUT2D eigenvalue weighted by Gasteiger charge is 2.40. The average Bonchev–Trinajstić information content (AvgIpc) is 2.92. The molecule has 0 atom stereocenters. The van der Waals surface area contributed by atoms with E-state index in [2.05, 4.69) is 0 Å². The molecule has 0 aliphatic rings. The van der Waals surface area contributed by atoms with Crippen LogP contribution in [0.3, 0.4) is 0 Å². The van der Waals surface area contributed by atoms with Gasteiger partial charge in [0, 0.05) is 35.0 Å². The lowest BCUT2D eigenvalue weighted by Gasteiger charge is -2.15. The van der Waals surface area contributed by atoms with Crippen LogP contribution < -0.4 is 9.47 Å². The Labute approximate surface area is 237 Å². The van der Waals surface area contributed by atoms with Gasteiger partial charge >= 0.3 is 35.1 Å². The third kappa shape index (κ3) is 5.93. The molecule has 228 valence electrons. The summed E-state index contributed by atoms with van der Waals surface area (Å²) in [5, 5.41) is 46.1. The summed E-state index contributed by atoms with van der Waals surface area (Å²) in [6, 6.07) is 6.99. The van der Waals surface area contributed by atoms with E-state index in [1.165, 1.54) is 24.3 Å². The van der Waals surface area contributed by atoms with Crippen LogP contribution in [0.1, 0.15) is 11.1 Å². The summed E-state index contributed by atoms with van der Waals surface area (Å²) in [4.78, 5) is 40.9. The van der Waals surface area contributed by atoms with Crippen LogP contribution in [-0.2, 0) is 12.4 Å². The molecule has 0 unspecified atom stereocenters. The van der Waals surface area contributed by atoms with Gasteiger partial charge in [-0.05, 0) is 12.1 Å². The molecule has 0 aliphatic carbocycles. The third-order valence-corrected chi connectivity index (χ3v) is 5.81. The van der Waals surface area contributed by atoms with Crippen molar-refractivity contribution in [1.29, 1.82) is 0 Å². The molecule has 0 N–H and O–H groups in total. The Morgan fingerprint density at radius 3 is 1.00 bits per heavy atom. The van der Waals surface area contributed by atoms with Crippen LogP contribution >= 0.6 is 0 Å². The highest BCUT2D eigenvalue weighted by Crippen LogP contribution is 2.49. The second-order valence-electron chi connectivity index (χ2n) is 8.52. The van der Waals surface area contributed by atoms with Crippen LogP contribution in [-0.4, -0.2) is 19.7 Å². The van der Waals surface area contributed by atoms with Crippen molar-refractivity contribution in [2.45, 2.75) is 12.4 Å². The second kappa shape index (κ2) is 11.0. The van der Waals surface area contributed by atoms with Gasteiger partial charge in [0.15, 0.2) is 0 Å². The number of halogens is 6. The number of rotatable bonds is 8. The zero-order valence-electron chi connectivity index (χ0n) is 20.9. The van der Waals surface area contributed by atoms with Gasteiger partial charge in [0.1, 0.15) is 11.5 Å². The maximum absolute atomic E-state index is 13.3. The monoisotopic (exact) mass is 628 g/mol. The maximum atomic E-state index is 13.3. The van der Waals surface area contributed by atoms with Gasteiger partial charge in [0.25, 0.3) is 11.5 Å². The van der Waals surface area contributed by atoms with Crippen molar-refractivity contribution < 1.29 is 55.5 Å². The Balaban J connectivity index is 1.91. The SMILES string of the molecule is O=[N+]([O-])c1cc(C(F)(F)F)cc([N+](=O)[O-])c1Oc1ccc(Oc2c([N+](=O)[O-])cc(C(F)(F)F)cc2[N+](=O)[O-])c2ccccc12. The highest BCUT2D eigenvalue weighted by molar-refractivity contribution is 5.94. The number of nitrogens with zero attached hydrogens (tertiary/aromatic N) is 4. The predicted octanol–water partition coefficient (Wildman–Crippen LogP) is 8.09. The van der Waals surface area contributed by atoms with Crippen LogP contribution in [0.25, 0.3) is 10.8 Å². The molecule has 0 fully saturated rings. The van der Waals surface area contributed by atoms with Crippen LogP contribution in [0.4, 0.5) is 49.1 Å². The summed E-state index contributed by atoms with van der Waals surface area (Å²) < 4.78 is 90.3. The first-order valence-corrected chi connectivity index (χ1v) is 11.4. The highest BCUT2D eigenvalue weighted by atomic mass is 19.4. The third-order valence-electron chi connectivity index (χ3n) is 5.81. The molecule has 0 saturated heterocycles. The standard InChI is InChI=1S/C24H10F6N4O10/c25-23(26,27)11-7-15(31(35)36)21(16(8-11)32(37)38)43-19-5-6-20(14-4-2-1-3-13(14)19)44-22-17(33(39)40)9-12(24(28,29)30)10-18(22)34(41)42/h1-10H. The van der Waals surface area contributed by atoms with E-state index in [4.69, 9.17) is 9.47 Å². The molecular formula is C24H10F6N4O10. The number of ether oxygens (including phenoxy) is 2. The number of benzene rings is 4. The first-order chi connectivity index (χ1) is 20.4. The molecule has 14 nitrogen and oxygen atoms in total. The molecule has 0 aliphatic heterocycles. The first kappa shape index (κ1) is 30.9. The van der Waals surface area contributed by atoms with E-state index in [1.807, 2.05) is 0 Å². The topological polar surface area (TPSA) is 191 Å². The van der Waals surface area contributed by atoms with Crippen molar-refractivity contribution in [2.24, 2.45) is 0 Å². The Hall–Kier alpha value is -6.08. The number of nitro groups is 4. The molecule has 0 aromatic heterocycles. The van der Waals surface area contributed by atoms with Crippen molar-refractivity contribution in [3.05, 3.63) is 112 Å². The molecule has 4 rings (SSSR count). The molecule has 20 heteroatoms. The summed E-state index contributed by atoms with van der Waals surface area (Å²) >= 11 is 0. The smallest absolute Gasteiger partial charge is 0.416 e. The van der Waals surface area contributed by atoms with Gasteiger partial charge in [-0.1, -0.05) is 24.3 Å². The summed E-state index contributed by atoms with van der Waals surface area (Å²) in [6.07, 6.45) is -10.4. The normalized spacial score (nSPS) is 11.7. The van der Waals surface area contributed by atoms with Crippen LogP contribution in [0.2, 0.25) is 0 Å². The summed E-state index contributed by atoms with van der Waals surface area (Å²) in [5.41, 5.74) is -9.12. The average molecular weight is 628 g/mol. The van der Waals surface area contributed by atoms with E-state index in [9.17, 15) is 66.8 Å². The van der Waals surface area contributed by atoms with Gasteiger partial charge in [-0.25, -0.2) is 0 Å². The quantitative estimate of drug-likeness (QED) is 0.105. The fourth-order valence-corrected chi connectivity index (χ4v) is 3.92. The van der Waals surface area contributed by atoms with E-state index in [1.54, 1.807) is 0 Å². The lowest BCUT2D eigenvalue weighted by molar-refractivity contribution is -0.396. The minimum Gasteiger partial charge on any atom is -0.444 e. The molecular weight excluding hydrogens is 618 g/mol. The Morgan fingerprint density at radius 1 is 0.500 bits per heavy atom. The van der Waals surface area contributed by atoms with E-state index < -0.39 is 88.9 Å². The predicted molar refractivity (Wildman–Crippen MR) is 134 cm³/mol. The van der Waals surface area contributed by atoms with Gasteiger partial charge in [0.05, 0.1) is 30.8 Å². The van der Waals surface area contributed by atoms with Crippen molar-refractivity contribution >= 4 is 33.5 Å². The Kier molecular flexibility index (Phi) is 7.69. The molecule has 4 aromatic carbocycles. The van der Waals surface area contributed by atoms with E-state index in [0.29, 0.717) is 0 Å². The summed E-state index contributed by atoms with van der Waals surface area (Å²) in [7, 11) is 0. The minimum atomic E-state index is -5.21. The lowest BCUT2D eigenvalue weighted by atomic mass is 10.1. The minimum absolute atomic E-state index is 0.0187. The molecule has 0 heterocycles. The summed E-state index contributed by atoms with van der Waals surface area (Å²) in [6.45, 7) is 0. The molecule has 0 radical (unpaired) electrons. The fraction of sp³-hybridized carbons (Fsp3) is 0.0833. The van der Waals surface area contributed by atoms with Crippen LogP contribution in [0, 0.1) is 40.5 Å². The van der Waals surface area contributed by atoms with Crippen LogP contribution in [0.15, 0.2) is 60.7 Å². The van der Waals surface area contributed by atoms with Crippen molar-refractivity contribution in [1.82, 2.24) is 0 Å². The first-order valence-electron chi connectivity index (χ1n) is 11.4. The molecule has 4 aromatic rings. The van der Waals surface area contributed by atoms with Gasteiger partial charge < -0.3 is 9.47 Å². The van der Waals surface area contributed by atoms with Crippen molar-refractivity contribution in [3.63, 3.8) is 0 Å². The molecule has 0 bridgehead atoms. The number of fused-ring (bicyclic) bond motifs is 1. The zero-order valence-corrected chi connectivity index (χ0v) is 20.9. The Morgan fingerprint density at radius 2 is 0.773 bits per heavy atom. The van der Waals surface area contributed by atoms with Gasteiger partial charge in [0.2, 0.25) is 0 Å². The van der Waals surface area contributed by atoms with Gasteiger partial charge in [-0.15, -0.1) is 0 Å². The lowest BCUT2D eigenvalue weighted by Crippen LogP contribution is -2.08. The van der Waals surface area contributed by atoms with Gasteiger partial charge in [-0.2, -0.15) is 26.3 Å². The van der Waals surface area contributed by atoms with E-state index in [0.717, 1.165) is 12.1 Å². The number of hydrogen-bond donors (Lipinski definition) is 0. The number of nitro benzene ring substituents is 4. The molecule has 0 spiro atoms. The largest absolute Gasteiger partial charge is 0.444 e. The van der Waals surface area contributed by atoms with Crippen molar-refractivity contribution in [2.75, 3.05) is 0 Å².